The highest BCUT2D eigenvalue weighted by Gasteiger charge is 2.20. The van der Waals surface area contributed by atoms with Gasteiger partial charge in [-0.05, 0) is 22.6 Å². The Labute approximate surface area is 136 Å². The van der Waals surface area contributed by atoms with Crippen molar-refractivity contribution in [3.8, 4) is 0 Å². The SMILES string of the molecule is CSCC(=O)N1CCN(Cc2cccc3ccccc23)CC1. The van der Waals surface area contributed by atoms with E-state index < -0.39 is 0 Å². The van der Waals surface area contributed by atoms with Crippen LogP contribution in [0.15, 0.2) is 42.5 Å². The van der Waals surface area contributed by atoms with Gasteiger partial charge in [-0.1, -0.05) is 42.5 Å². The molecule has 0 aliphatic carbocycles. The molecule has 2 aromatic carbocycles. The van der Waals surface area contributed by atoms with Gasteiger partial charge in [0.05, 0.1) is 5.75 Å². The predicted molar refractivity (Wildman–Crippen MR) is 94.2 cm³/mol. The van der Waals surface area contributed by atoms with Gasteiger partial charge in [-0.2, -0.15) is 11.8 Å². The summed E-state index contributed by atoms with van der Waals surface area (Å²) in [7, 11) is 0. The summed E-state index contributed by atoms with van der Waals surface area (Å²) in [4.78, 5) is 16.4. The van der Waals surface area contributed by atoms with E-state index in [0.29, 0.717) is 5.75 Å². The fourth-order valence-electron chi connectivity index (χ4n) is 3.04. The Bertz CT molecular complexity index is 645. The monoisotopic (exact) mass is 314 g/mol. The van der Waals surface area contributed by atoms with Crippen molar-refractivity contribution in [3.05, 3.63) is 48.0 Å². The van der Waals surface area contributed by atoms with Gasteiger partial charge in [0.1, 0.15) is 0 Å². The van der Waals surface area contributed by atoms with Crippen LogP contribution in [0.3, 0.4) is 0 Å². The summed E-state index contributed by atoms with van der Waals surface area (Å²) in [6.45, 7) is 4.59. The number of nitrogens with zero attached hydrogens (tertiary/aromatic N) is 2. The summed E-state index contributed by atoms with van der Waals surface area (Å²) in [6, 6.07) is 15.1. The Kier molecular flexibility index (Phi) is 5.01. The molecule has 1 amide bonds. The lowest BCUT2D eigenvalue weighted by molar-refractivity contribution is -0.130. The number of carbonyl (C=O) groups is 1. The third-order valence-corrected chi connectivity index (χ3v) is 4.80. The third kappa shape index (κ3) is 3.45. The average molecular weight is 314 g/mol. The maximum Gasteiger partial charge on any atom is 0.232 e. The van der Waals surface area contributed by atoms with Crippen LogP contribution < -0.4 is 0 Å². The molecular weight excluding hydrogens is 292 g/mol. The molecule has 3 rings (SSSR count). The number of hydrogen-bond acceptors (Lipinski definition) is 3. The molecule has 0 aromatic heterocycles. The van der Waals surface area contributed by atoms with E-state index >= 15 is 0 Å². The van der Waals surface area contributed by atoms with Gasteiger partial charge in [0.15, 0.2) is 0 Å². The summed E-state index contributed by atoms with van der Waals surface area (Å²) < 4.78 is 0. The van der Waals surface area contributed by atoms with Crippen LogP contribution >= 0.6 is 11.8 Å². The minimum absolute atomic E-state index is 0.275. The molecule has 0 atom stereocenters. The molecule has 0 saturated carbocycles. The molecule has 0 unspecified atom stereocenters. The molecule has 1 aliphatic rings. The van der Waals surface area contributed by atoms with E-state index in [1.54, 1.807) is 11.8 Å². The number of fused-ring (bicyclic) bond motifs is 1. The Balaban J connectivity index is 1.64. The van der Waals surface area contributed by atoms with E-state index in [2.05, 4.69) is 47.4 Å². The first kappa shape index (κ1) is 15.4. The van der Waals surface area contributed by atoms with E-state index in [1.807, 2.05) is 11.2 Å². The molecule has 1 saturated heterocycles. The first-order chi connectivity index (χ1) is 10.8. The lowest BCUT2D eigenvalue weighted by atomic mass is 10.0. The Morgan fingerprint density at radius 3 is 2.55 bits per heavy atom. The van der Waals surface area contributed by atoms with Gasteiger partial charge < -0.3 is 4.90 Å². The quantitative estimate of drug-likeness (QED) is 0.867. The molecule has 1 heterocycles. The summed E-state index contributed by atoms with van der Waals surface area (Å²) >= 11 is 1.60. The molecule has 2 aromatic rings. The van der Waals surface area contributed by atoms with Crippen LogP contribution in [0.5, 0.6) is 0 Å². The van der Waals surface area contributed by atoms with E-state index in [1.165, 1.54) is 16.3 Å². The molecule has 1 aliphatic heterocycles. The van der Waals surface area contributed by atoms with Crippen LogP contribution in [0.1, 0.15) is 5.56 Å². The number of benzene rings is 2. The third-order valence-electron chi connectivity index (χ3n) is 4.27. The van der Waals surface area contributed by atoms with Crippen LogP contribution in [0, 0.1) is 0 Å². The highest BCUT2D eigenvalue weighted by Crippen LogP contribution is 2.20. The normalized spacial score (nSPS) is 16.1. The fraction of sp³-hybridized carbons (Fsp3) is 0.389. The topological polar surface area (TPSA) is 23.6 Å². The second-order valence-electron chi connectivity index (χ2n) is 5.73. The Hall–Kier alpha value is -1.52. The van der Waals surface area contributed by atoms with Crippen molar-refractivity contribution < 1.29 is 4.79 Å². The van der Waals surface area contributed by atoms with E-state index in [9.17, 15) is 4.79 Å². The highest BCUT2D eigenvalue weighted by atomic mass is 32.2. The van der Waals surface area contributed by atoms with Crippen LogP contribution in [-0.2, 0) is 11.3 Å². The van der Waals surface area contributed by atoms with E-state index in [4.69, 9.17) is 0 Å². The van der Waals surface area contributed by atoms with Crippen LogP contribution in [0.2, 0.25) is 0 Å². The molecule has 0 spiro atoms. The second kappa shape index (κ2) is 7.16. The molecule has 0 radical (unpaired) electrons. The predicted octanol–water partition coefficient (Wildman–Crippen LogP) is 2.85. The minimum atomic E-state index is 0.275. The molecular formula is C18H22N2OS. The number of carbonyl (C=O) groups excluding carboxylic acids is 1. The largest absolute Gasteiger partial charge is 0.339 e. The zero-order valence-electron chi connectivity index (χ0n) is 13.0. The van der Waals surface area contributed by atoms with Crippen LogP contribution in [0.4, 0.5) is 0 Å². The average Bonchev–Trinajstić information content (AvgIpc) is 2.56. The van der Waals surface area contributed by atoms with E-state index in [-0.39, 0.29) is 5.91 Å². The summed E-state index contributed by atoms with van der Waals surface area (Å²) in [5.74, 6) is 0.876. The zero-order chi connectivity index (χ0) is 15.4. The summed E-state index contributed by atoms with van der Waals surface area (Å²) in [6.07, 6.45) is 1.98. The molecule has 0 bridgehead atoms. The number of amides is 1. The van der Waals surface area contributed by atoms with Gasteiger partial charge >= 0.3 is 0 Å². The zero-order valence-corrected chi connectivity index (χ0v) is 13.8. The molecule has 4 heteroatoms. The van der Waals surface area contributed by atoms with Crippen molar-refractivity contribution in [2.75, 3.05) is 38.2 Å². The molecule has 1 fully saturated rings. The van der Waals surface area contributed by atoms with Gasteiger partial charge in [-0.25, -0.2) is 0 Å². The van der Waals surface area contributed by atoms with Crippen molar-refractivity contribution >= 4 is 28.4 Å². The van der Waals surface area contributed by atoms with Gasteiger partial charge in [0.2, 0.25) is 5.91 Å². The van der Waals surface area contributed by atoms with Crippen LogP contribution in [-0.4, -0.2) is 53.9 Å². The standard InChI is InChI=1S/C18H22N2OS/c1-22-14-18(21)20-11-9-19(10-12-20)13-16-7-4-6-15-5-2-3-8-17(15)16/h2-8H,9-14H2,1H3. The molecule has 0 N–H and O–H groups in total. The summed E-state index contributed by atoms with van der Waals surface area (Å²) in [5.41, 5.74) is 1.38. The van der Waals surface area contributed by atoms with Gasteiger partial charge in [-0.3, -0.25) is 9.69 Å². The van der Waals surface area contributed by atoms with Crippen molar-refractivity contribution in [2.45, 2.75) is 6.54 Å². The minimum Gasteiger partial charge on any atom is -0.339 e. The number of piperazine rings is 1. The second-order valence-corrected chi connectivity index (χ2v) is 6.59. The smallest absolute Gasteiger partial charge is 0.232 e. The first-order valence-corrected chi connectivity index (χ1v) is 9.13. The van der Waals surface area contributed by atoms with Gasteiger partial charge in [0, 0.05) is 32.7 Å². The van der Waals surface area contributed by atoms with Crippen molar-refractivity contribution in [2.24, 2.45) is 0 Å². The van der Waals surface area contributed by atoms with E-state index in [0.717, 1.165) is 32.7 Å². The highest BCUT2D eigenvalue weighted by molar-refractivity contribution is 7.99. The van der Waals surface area contributed by atoms with Crippen LogP contribution in [0.25, 0.3) is 10.8 Å². The van der Waals surface area contributed by atoms with Crippen molar-refractivity contribution in [1.82, 2.24) is 9.80 Å². The molecule has 116 valence electrons. The Morgan fingerprint density at radius 2 is 1.77 bits per heavy atom. The molecule has 22 heavy (non-hydrogen) atoms. The van der Waals surface area contributed by atoms with Crippen molar-refractivity contribution in [1.29, 1.82) is 0 Å². The first-order valence-electron chi connectivity index (χ1n) is 7.73. The van der Waals surface area contributed by atoms with Crippen molar-refractivity contribution in [3.63, 3.8) is 0 Å². The lowest BCUT2D eigenvalue weighted by Gasteiger charge is -2.34. The summed E-state index contributed by atoms with van der Waals surface area (Å²) in [5, 5.41) is 2.64. The number of thioether (sulfide) groups is 1. The number of rotatable bonds is 4. The van der Waals surface area contributed by atoms with Gasteiger partial charge in [-0.15, -0.1) is 0 Å². The lowest BCUT2D eigenvalue weighted by Crippen LogP contribution is -2.48. The Morgan fingerprint density at radius 1 is 1.05 bits per heavy atom. The van der Waals surface area contributed by atoms with Gasteiger partial charge in [0.25, 0.3) is 0 Å². The molecule has 3 nitrogen and oxygen atoms in total. The number of hydrogen-bond donors (Lipinski definition) is 0. The maximum atomic E-state index is 11.9. The maximum absolute atomic E-state index is 11.9. The fourth-order valence-corrected chi connectivity index (χ4v) is 3.47.